The van der Waals surface area contributed by atoms with E-state index in [1.807, 2.05) is 0 Å². The van der Waals surface area contributed by atoms with Crippen molar-refractivity contribution in [1.82, 2.24) is 15.2 Å². The van der Waals surface area contributed by atoms with Gasteiger partial charge < -0.3 is 5.73 Å². The summed E-state index contributed by atoms with van der Waals surface area (Å²) in [6.07, 6.45) is 1.28. The molecule has 3 rings (SSSR count). The number of nitrogens with one attached hydrogen (secondary N) is 1. The molecule has 1 aliphatic heterocycles. The van der Waals surface area contributed by atoms with Crippen LogP contribution in [-0.4, -0.2) is 35.1 Å². The zero-order chi connectivity index (χ0) is 15.0. The number of sulfone groups is 1. The van der Waals surface area contributed by atoms with E-state index in [-0.39, 0.29) is 17.4 Å². The summed E-state index contributed by atoms with van der Waals surface area (Å²) in [5, 5.41) is 7.51. The van der Waals surface area contributed by atoms with E-state index in [2.05, 4.69) is 15.2 Å². The van der Waals surface area contributed by atoms with Crippen LogP contribution in [0.15, 0.2) is 18.2 Å². The van der Waals surface area contributed by atoms with Crippen molar-refractivity contribution in [2.75, 3.05) is 17.2 Å². The molecule has 3 N–H and O–H groups in total. The highest BCUT2D eigenvalue weighted by atomic mass is 35.5. The number of halogens is 1. The Bertz CT molecular complexity index is 772. The second-order valence-corrected chi connectivity index (χ2v) is 7.95. The fourth-order valence-corrected chi connectivity index (χ4v) is 4.48. The zero-order valence-electron chi connectivity index (χ0n) is 11.2. The molecule has 0 spiro atoms. The molecule has 2 aromatic rings. The minimum Gasteiger partial charge on any atom is -0.398 e. The van der Waals surface area contributed by atoms with Crippen molar-refractivity contribution in [3.63, 3.8) is 0 Å². The van der Waals surface area contributed by atoms with Gasteiger partial charge in [-0.15, -0.1) is 0 Å². The molecule has 0 aliphatic carbocycles. The summed E-state index contributed by atoms with van der Waals surface area (Å²) in [6.45, 7) is 0. The Labute approximate surface area is 127 Å². The van der Waals surface area contributed by atoms with E-state index >= 15 is 0 Å². The van der Waals surface area contributed by atoms with Crippen molar-refractivity contribution < 1.29 is 8.42 Å². The molecule has 1 aliphatic rings. The molecule has 1 fully saturated rings. The predicted molar refractivity (Wildman–Crippen MR) is 81.7 cm³/mol. The van der Waals surface area contributed by atoms with Crippen molar-refractivity contribution in [3.05, 3.63) is 29.0 Å². The molecule has 1 unspecified atom stereocenters. The van der Waals surface area contributed by atoms with Crippen LogP contribution in [0.25, 0.3) is 11.4 Å². The normalized spacial score (nSPS) is 20.7. The third kappa shape index (κ3) is 3.19. The van der Waals surface area contributed by atoms with Gasteiger partial charge in [-0.25, -0.2) is 13.4 Å². The summed E-state index contributed by atoms with van der Waals surface area (Å²) in [5.74, 6) is 1.85. The Kier molecular flexibility index (Phi) is 3.62. The van der Waals surface area contributed by atoms with Crippen LogP contribution < -0.4 is 5.73 Å². The maximum absolute atomic E-state index is 11.5. The average molecular weight is 327 g/mol. The van der Waals surface area contributed by atoms with Crippen LogP contribution in [0.3, 0.4) is 0 Å². The number of anilines is 1. The summed E-state index contributed by atoms with van der Waals surface area (Å²) in [4.78, 5) is 4.40. The molecule has 1 aromatic heterocycles. The third-order valence-corrected chi connectivity index (χ3v) is 5.78. The van der Waals surface area contributed by atoms with Crippen molar-refractivity contribution >= 4 is 27.1 Å². The Morgan fingerprint density at radius 1 is 1.43 bits per heavy atom. The highest BCUT2D eigenvalue weighted by Crippen LogP contribution is 2.26. The van der Waals surface area contributed by atoms with Gasteiger partial charge in [0, 0.05) is 12.0 Å². The minimum atomic E-state index is -2.86. The Morgan fingerprint density at radius 3 is 2.90 bits per heavy atom. The number of rotatable bonds is 3. The fourth-order valence-electron chi connectivity index (χ4n) is 2.50. The van der Waals surface area contributed by atoms with Crippen LogP contribution in [0.2, 0.25) is 5.02 Å². The number of aromatic amines is 1. The van der Waals surface area contributed by atoms with Crippen molar-refractivity contribution in [2.45, 2.75) is 12.8 Å². The lowest BCUT2D eigenvalue weighted by Gasteiger charge is -2.03. The summed E-state index contributed by atoms with van der Waals surface area (Å²) in [7, 11) is -2.86. The van der Waals surface area contributed by atoms with E-state index < -0.39 is 9.84 Å². The number of benzene rings is 1. The third-order valence-electron chi connectivity index (χ3n) is 3.59. The van der Waals surface area contributed by atoms with E-state index in [1.165, 1.54) is 0 Å². The number of nitrogen functional groups attached to an aromatic ring is 1. The molecular weight excluding hydrogens is 312 g/mol. The second kappa shape index (κ2) is 5.31. The highest BCUT2D eigenvalue weighted by Gasteiger charge is 2.28. The van der Waals surface area contributed by atoms with Crippen LogP contribution in [-0.2, 0) is 16.3 Å². The highest BCUT2D eigenvalue weighted by molar-refractivity contribution is 7.91. The molecular formula is C13H15ClN4O2S. The van der Waals surface area contributed by atoms with E-state index in [9.17, 15) is 8.42 Å². The van der Waals surface area contributed by atoms with Gasteiger partial charge in [0.05, 0.1) is 22.2 Å². The first-order chi connectivity index (χ1) is 9.93. The minimum absolute atomic E-state index is 0.117. The predicted octanol–water partition coefficient (Wildman–Crippen LogP) is 1.68. The molecule has 1 atom stereocenters. The fraction of sp³-hybridized carbons (Fsp3) is 0.385. The van der Waals surface area contributed by atoms with Crippen molar-refractivity contribution in [3.8, 4) is 11.4 Å². The maximum Gasteiger partial charge on any atom is 0.181 e. The number of nitrogens with two attached hydrogens (primary N) is 1. The van der Waals surface area contributed by atoms with E-state index in [4.69, 9.17) is 17.3 Å². The van der Waals surface area contributed by atoms with Crippen LogP contribution >= 0.6 is 11.6 Å². The molecule has 0 amide bonds. The van der Waals surface area contributed by atoms with E-state index in [1.54, 1.807) is 18.2 Å². The van der Waals surface area contributed by atoms with E-state index in [0.717, 1.165) is 5.56 Å². The first kappa shape index (κ1) is 14.3. The SMILES string of the molecule is Nc1cc(-c2n[nH]c(CC3CCS(=O)(=O)C3)n2)ccc1Cl. The average Bonchev–Trinajstić information content (AvgIpc) is 3.00. The van der Waals surface area contributed by atoms with Crippen LogP contribution in [0.1, 0.15) is 12.2 Å². The molecule has 0 radical (unpaired) electrons. The van der Waals surface area contributed by atoms with Gasteiger partial charge in [-0.05, 0) is 30.5 Å². The van der Waals surface area contributed by atoms with Gasteiger partial charge in [-0.1, -0.05) is 11.6 Å². The van der Waals surface area contributed by atoms with Crippen molar-refractivity contribution in [1.29, 1.82) is 0 Å². The monoisotopic (exact) mass is 326 g/mol. The first-order valence-electron chi connectivity index (χ1n) is 6.60. The van der Waals surface area contributed by atoms with Crippen LogP contribution in [0.5, 0.6) is 0 Å². The molecule has 2 heterocycles. The van der Waals surface area contributed by atoms with Gasteiger partial charge in [0.1, 0.15) is 5.82 Å². The standard InChI is InChI=1S/C13H15ClN4O2S/c14-10-2-1-9(6-11(10)15)13-16-12(17-18-13)5-8-3-4-21(19,20)7-8/h1-2,6,8H,3-5,7,15H2,(H,16,17,18). The topological polar surface area (TPSA) is 102 Å². The van der Waals surface area contributed by atoms with E-state index in [0.29, 0.717) is 35.2 Å². The molecule has 8 heteroatoms. The molecule has 1 aromatic carbocycles. The quantitative estimate of drug-likeness (QED) is 0.836. The summed E-state index contributed by atoms with van der Waals surface area (Å²) < 4.78 is 22.9. The van der Waals surface area contributed by atoms with Crippen molar-refractivity contribution in [2.24, 2.45) is 5.92 Å². The van der Waals surface area contributed by atoms with Gasteiger partial charge >= 0.3 is 0 Å². The Hall–Kier alpha value is -1.60. The van der Waals surface area contributed by atoms with Gasteiger partial charge in [-0.3, -0.25) is 5.10 Å². The molecule has 1 saturated heterocycles. The van der Waals surface area contributed by atoms with Crippen LogP contribution in [0.4, 0.5) is 5.69 Å². The van der Waals surface area contributed by atoms with Gasteiger partial charge in [0.15, 0.2) is 15.7 Å². The molecule has 21 heavy (non-hydrogen) atoms. The lowest BCUT2D eigenvalue weighted by molar-refractivity contribution is 0.570. The molecule has 0 saturated carbocycles. The first-order valence-corrected chi connectivity index (χ1v) is 8.80. The largest absolute Gasteiger partial charge is 0.398 e. The maximum atomic E-state index is 11.5. The van der Waals surface area contributed by atoms with Gasteiger partial charge in [0.25, 0.3) is 0 Å². The number of hydrogen-bond donors (Lipinski definition) is 2. The second-order valence-electron chi connectivity index (χ2n) is 5.32. The van der Waals surface area contributed by atoms with Gasteiger partial charge in [-0.2, -0.15) is 5.10 Å². The number of hydrogen-bond acceptors (Lipinski definition) is 5. The zero-order valence-corrected chi connectivity index (χ0v) is 12.8. The number of H-pyrrole nitrogens is 1. The lowest BCUT2D eigenvalue weighted by Crippen LogP contribution is -2.08. The van der Waals surface area contributed by atoms with Gasteiger partial charge in [0.2, 0.25) is 0 Å². The molecule has 112 valence electrons. The number of aromatic nitrogens is 3. The summed E-state index contributed by atoms with van der Waals surface area (Å²) in [5.41, 5.74) is 7.01. The lowest BCUT2D eigenvalue weighted by atomic mass is 10.1. The van der Waals surface area contributed by atoms with Crippen LogP contribution in [0, 0.1) is 5.92 Å². The molecule has 0 bridgehead atoms. The Morgan fingerprint density at radius 2 is 2.24 bits per heavy atom. The summed E-state index contributed by atoms with van der Waals surface area (Å²) >= 11 is 5.88. The molecule has 6 nitrogen and oxygen atoms in total. The smallest absolute Gasteiger partial charge is 0.181 e. The number of nitrogens with zero attached hydrogens (tertiary/aromatic N) is 2. The Balaban J connectivity index is 1.76. The summed E-state index contributed by atoms with van der Waals surface area (Å²) in [6, 6.07) is 5.22.